The Labute approximate surface area is 183 Å². The van der Waals surface area contributed by atoms with Crippen LogP contribution < -0.4 is 25.6 Å². The van der Waals surface area contributed by atoms with Crippen molar-refractivity contribution in [3.05, 3.63) is 24.3 Å². The first-order chi connectivity index (χ1) is 14.6. The SMILES string of the molecule is CNC(=O)[C@@H](NC(=O)[C@@H](CCCCOc1cccc(OC)c1)CC(=O)NO)C(C)(C)C. The van der Waals surface area contributed by atoms with Gasteiger partial charge in [-0.2, -0.15) is 0 Å². The summed E-state index contributed by atoms with van der Waals surface area (Å²) in [6.07, 6.45) is 1.52. The molecule has 174 valence electrons. The summed E-state index contributed by atoms with van der Waals surface area (Å²) in [7, 11) is 3.09. The normalized spacial score (nSPS) is 13.0. The molecule has 9 nitrogen and oxygen atoms in total. The van der Waals surface area contributed by atoms with Crippen molar-refractivity contribution in [2.75, 3.05) is 20.8 Å². The molecular formula is C22H35N3O6. The molecule has 0 radical (unpaired) electrons. The van der Waals surface area contributed by atoms with Gasteiger partial charge in [0, 0.05) is 25.5 Å². The fraction of sp³-hybridized carbons (Fsp3) is 0.591. The van der Waals surface area contributed by atoms with Crippen molar-refractivity contribution < 1.29 is 29.1 Å². The molecule has 0 saturated heterocycles. The average molecular weight is 438 g/mol. The van der Waals surface area contributed by atoms with E-state index in [0.717, 1.165) is 0 Å². The molecule has 0 aromatic heterocycles. The van der Waals surface area contributed by atoms with Crippen LogP contribution in [0.25, 0.3) is 0 Å². The third-order valence-electron chi connectivity index (χ3n) is 4.85. The molecule has 0 aliphatic heterocycles. The Kier molecular flexibility index (Phi) is 10.8. The summed E-state index contributed by atoms with van der Waals surface area (Å²) in [5, 5.41) is 14.2. The van der Waals surface area contributed by atoms with E-state index in [2.05, 4.69) is 10.6 Å². The number of ether oxygens (including phenoxy) is 2. The number of hydrogen-bond acceptors (Lipinski definition) is 6. The molecular weight excluding hydrogens is 402 g/mol. The lowest BCUT2D eigenvalue weighted by Crippen LogP contribution is -2.54. The number of carbonyl (C=O) groups is 3. The molecule has 4 N–H and O–H groups in total. The first kappa shape index (κ1) is 26.2. The Hall–Kier alpha value is -2.81. The van der Waals surface area contributed by atoms with Crippen LogP contribution >= 0.6 is 0 Å². The van der Waals surface area contributed by atoms with E-state index in [4.69, 9.17) is 14.7 Å². The van der Waals surface area contributed by atoms with E-state index in [1.165, 1.54) is 7.05 Å². The first-order valence-electron chi connectivity index (χ1n) is 10.3. The van der Waals surface area contributed by atoms with Gasteiger partial charge in [-0.25, -0.2) is 5.48 Å². The average Bonchev–Trinajstić information content (AvgIpc) is 2.74. The van der Waals surface area contributed by atoms with Crippen molar-refractivity contribution in [1.29, 1.82) is 0 Å². The number of carbonyl (C=O) groups excluding carboxylic acids is 3. The molecule has 0 saturated carbocycles. The van der Waals surface area contributed by atoms with Gasteiger partial charge in [-0.15, -0.1) is 0 Å². The lowest BCUT2D eigenvalue weighted by Gasteiger charge is -2.31. The van der Waals surface area contributed by atoms with Gasteiger partial charge in [0.05, 0.1) is 13.7 Å². The monoisotopic (exact) mass is 437 g/mol. The van der Waals surface area contributed by atoms with E-state index in [1.54, 1.807) is 18.7 Å². The fourth-order valence-corrected chi connectivity index (χ4v) is 3.05. The van der Waals surface area contributed by atoms with Gasteiger partial charge in [0.15, 0.2) is 0 Å². The molecule has 1 rings (SSSR count). The molecule has 0 heterocycles. The molecule has 0 bridgehead atoms. The van der Waals surface area contributed by atoms with E-state index in [-0.39, 0.29) is 12.3 Å². The standard InChI is InChI=1S/C22H35N3O6/c1-22(2,3)19(21(28)23-4)24-20(27)15(13-18(26)25-29)9-6-7-12-31-17-11-8-10-16(14-17)30-5/h8,10-11,14-15,19,29H,6-7,9,12-13H2,1-5H3,(H,23,28)(H,24,27)(H,25,26)/t15-,19+/m0/s1. The third-order valence-corrected chi connectivity index (χ3v) is 4.85. The Balaban J connectivity index is 2.65. The highest BCUT2D eigenvalue weighted by molar-refractivity contribution is 5.90. The molecule has 0 aliphatic rings. The molecule has 0 aliphatic carbocycles. The summed E-state index contributed by atoms with van der Waals surface area (Å²) in [4.78, 5) is 36.7. The number of nitrogens with one attached hydrogen (secondary N) is 3. The highest BCUT2D eigenvalue weighted by atomic mass is 16.5. The Morgan fingerprint density at radius 3 is 2.35 bits per heavy atom. The second-order valence-electron chi connectivity index (χ2n) is 8.38. The van der Waals surface area contributed by atoms with Crippen molar-refractivity contribution in [3.8, 4) is 11.5 Å². The van der Waals surface area contributed by atoms with Crippen molar-refractivity contribution >= 4 is 17.7 Å². The lowest BCUT2D eigenvalue weighted by molar-refractivity contribution is -0.137. The zero-order chi connectivity index (χ0) is 23.4. The molecule has 2 atom stereocenters. The smallest absolute Gasteiger partial charge is 0.244 e. The number of likely N-dealkylation sites (N-methyl/N-ethyl adjacent to an activating group) is 1. The second-order valence-corrected chi connectivity index (χ2v) is 8.38. The molecule has 3 amide bonds. The molecule has 1 aromatic carbocycles. The maximum atomic E-state index is 12.8. The predicted octanol–water partition coefficient (Wildman–Crippen LogP) is 2.03. The summed E-state index contributed by atoms with van der Waals surface area (Å²) in [5.74, 6) is -0.655. The van der Waals surface area contributed by atoms with E-state index in [9.17, 15) is 14.4 Å². The Morgan fingerprint density at radius 2 is 1.77 bits per heavy atom. The molecule has 1 aromatic rings. The van der Waals surface area contributed by atoms with Gasteiger partial charge in [0.1, 0.15) is 17.5 Å². The van der Waals surface area contributed by atoms with Gasteiger partial charge >= 0.3 is 0 Å². The topological polar surface area (TPSA) is 126 Å². The summed E-state index contributed by atoms with van der Waals surface area (Å²) < 4.78 is 10.9. The number of hydrogen-bond donors (Lipinski definition) is 4. The molecule has 0 spiro atoms. The summed E-state index contributed by atoms with van der Waals surface area (Å²) >= 11 is 0. The molecule has 9 heteroatoms. The maximum absolute atomic E-state index is 12.8. The number of unbranched alkanes of at least 4 members (excludes halogenated alkanes) is 1. The quantitative estimate of drug-likeness (QED) is 0.225. The maximum Gasteiger partial charge on any atom is 0.244 e. The van der Waals surface area contributed by atoms with Crippen LogP contribution in [0.3, 0.4) is 0 Å². The van der Waals surface area contributed by atoms with Crippen molar-refractivity contribution in [1.82, 2.24) is 16.1 Å². The molecule has 0 fully saturated rings. The van der Waals surface area contributed by atoms with E-state index >= 15 is 0 Å². The first-order valence-corrected chi connectivity index (χ1v) is 10.3. The number of benzene rings is 1. The minimum absolute atomic E-state index is 0.177. The highest BCUT2D eigenvalue weighted by Gasteiger charge is 2.34. The summed E-state index contributed by atoms with van der Waals surface area (Å²) in [6.45, 7) is 5.98. The second kappa shape index (κ2) is 12.8. The van der Waals surface area contributed by atoms with Crippen molar-refractivity contribution in [2.24, 2.45) is 11.3 Å². The van der Waals surface area contributed by atoms with Crippen LogP contribution in [0.5, 0.6) is 11.5 Å². The number of hydroxylamine groups is 1. The van der Waals surface area contributed by atoms with Gasteiger partial charge in [0.2, 0.25) is 17.7 Å². The highest BCUT2D eigenvalue weighted by Crippen LogP contribution is 2.22. The number of amides is 3. The van der Waals surface area contributed by atoms with Crippen molar-refractivity contribution in [2.45, 2.75) is 52.5 Å². The predicted molar refractivity (Wildman–Crippen MR) is 116 cm³/mol. The van der Waals surface area contributed by atoms with Gasteiger partial charge < -0.3 is 20.1 Å². The summed E-state index contributed by atoms with van der Waals surface area (Å²) in [6, 6.07) is 6.52. The van der Waals surface area contributed by atoms with E-state index in [0.29, 0.717) is 37.4 Å². The van der Waals surface area contributed by atoms with Crippen LogP contribution in [-0.2, 0) is 14.4 Å². The Morgan fingerprint density at radius 1 is 1.10 bits per heavy atom. The lowest BCUT2D eigenvalue weighted by atomic mass is 9.85. The van der Waals surface area contributed by atoms with Crippen LogP contribution in [0.1, 0.15) is 46.5 Å². The van der Waals surface area contributed by atoms with Crippen LogP contribution in [0.4, 0.5) is 0 Å². The molecule has 31 heavy (non-hydrogen) atoms. The van der Waals surface area contributed by atoms with E-state index in [1.807, 2.05) is 39.0 Å². The zero-order valence-corrected chi connectivity index (χ0v) is 19.0. The van der Waals surface area contributed by atoms with Gasteiger partial charge in [-0.05, 0) is 36.8 Å². The van der Waals surface area contributed by atoms with Crippen LogP contribution in [0, 0.1) is 11.3 Å². The number of methoxy groups -OCH3 is 1. The zero-order valence-electron chi connectivity index (χ0n) is 19.0. The largest absolute Gasteiger partial charge is 0.497 e. The fourth-order valence-electron chi connectivity index (χ4n) is 3.05. The van der Waals surface area contributed by atoms with Gasteiger partial charge in [-0.1, -0.05) is 26.8 Å². The van der Waals surface area contributed by atoms with Crippen LogP contribution in [0.2, 0.25) is 0 Å². The van der Waals surface area contributed by atoms with Crippen LogP contribution in [0.15, 0.2) is 24.3 Å². The third kappa shape index (κ3) is 9.25. The summed E-state index contributed by atoms with van der Waals surface area (Å²) in [5.41, 5.74) is 1.06. The van der Waals surface area contributed by atoms with Crippen LogP contribution in [-0.4, -0.2) is 49.7 Å². The number of rotatable bonds is 12. The van der Waals surface area contributed by atoms with E-state index < -0.39 is 29.2 Å². The van der Waals surface area contributed by atoms with Crippen molar-refractivity contribution in [3.63, 3.8) is 0 Å². The van der Waals surface area contributed by atoms with Gasteiger partial charge in [0.25, 0.3) is 0 Å². The Bertz CT molecular complexity index is 732. The minimum atomic E-state index is -0.749. The van der Waals surface area contributed by atoms with Gasteiger partial charge in [-0.3, -0.25) is 19.6 Å². The molecule has 0 unspecified atom stereocenters. The minimum Gasteiger partial charge on any atom is -0.497 e.